The summed E-state index contributed by atoms with van der Waals surface area (Å²) < 4.78 is 0. The number of hydrogen-bond donors (Lipinski definition) is 1. The zero-order chi connectivity index (χ0) is 12.6. The van der Waals surface area contributed by atoms with Gasteiger partial charge in [0, 0.05) is 5.56 Å². The van der Waals surface area contributed by atoms with Crippen LogP contribution in [-0.2, 0) is 17.6 Å². The normalized spacial score (nSPS) is 17.9. The number of carboxylic acids is 1. The molecular formula is C14H16O3. The summed E-state index contributed by atoms with van der Waals surface area (Å²) >= 11 is 0. The Hall–Kier alpha value is -1.64. The monoisotopic (exact) mass is 232 g/mol. The zero-order valence-electron chi connectivity index (χ0n) is 10.1. The predicted molar refractivity (Wildman–Crippen MR) is 64.3 cm³/mol. The number of carbonyl (C=O) groups excluding carboxylic acids is 1. The van der Waals surface area contributed by atoms with Gasteiger partial charge in [-0.1, -0.05) is 19.4 Å². The Bertz CT molecular complexity index is 488. The van der Waals surface area contributed by atoms with Crippen molar-refractivity contribution in [3.63, 3.8) is 0 Å². The van der Waals surface area contributed by atoms with Crippen LogP contribution in [0.2, 0.25) is 0 Å². The van der Waals surface area contributed by atoms with E-state index in [4.69, 9.17) is 5.11 Å². The van der Waals surface area contributed by atoms with Gasteiger partial charge in [-0.2, -0.15) is 0 Å². The molecule has 1 unspecified atom stereocenters. The van der Waals surface area contributed by atoms with Crippen LogP contribution in [0.1, 0.15) is 40.4 Å². The van der Waals surface area contributed by atoms with E-state index in [1.54, 1.807) is 13.0 Å². The molecule has 0 aliphatic heterocycles. The molecule has 1 aromatic carbocycles. The quantitative estimate of drug-likeness (QED) is 0.643. The first kappa shape index (κ1) is 11.8. The number of fused-ring (bicyclic) bond motifs is 1. The van der Waals surface area contributed by atoms with Crippen molar-refractivity contribution in [1.29, 1.82) is 0 Å². The lowest BCUT2D eigenvalue weighted by molar-refractivity contribution is -0.131. The predicted octanol–water partition coefficient (Wildman–Crippen LogP) is 2.39. The van der Waals surface area contributed by atoms with Crippen LogP contribution >= 0.6 is 0 Å². The van der Waals surface area contributed by atoms with Crippen LogP contribution in [0, 0.1) is 12.8 Å². The highest BCUT2D eigenvalue weighted by molar-refractivity contribution is 6.40. The molecule has 3 nitrogen and oxygen atoms in total. The van der Waals surface area contributed by atoms with Crippen LogP contribution < -0.4 is 0 Å². The molecular weight excluding hydrogens is 216 g/mol. The van der Waals surface area contributed by atoms with Gasteiger partial charge in [-0.3, -0.25) is 4.79 Å². The number of hydrogen-bond acceptors (Lipinski definition) is 2. The van der Waals surface area contributed by atoms with Crippen LogP contribution in [0.15, 0.2) is 12.1 Å². The van der Waals surface area contributed by atoms with Gasteiger partial charge in [0.2, 0.25) is 0 Å². The Labute approximate surface area is 100 Å². The third-order valence-corrected chi connectivity index (χ3v) is 3.58. The lowest BCUT2D eigenvalue weighted by atomic mass is 9.98. The van der Waals surface area contributed by atoms with E-state index >= 15 is 0 Å². The van der Waals surface area contributed by atoms with E-state index < -0.39 is 11.8 Å². The number of carbonyl (C=O) groups is 2. The number of benzene rings is 1. The fraction of sp³-hybridized carbons (Fsp3) is 0.429. The molecule has 1 aromatic rings. The number of aliphatic carboxylic acids is 1. The van der Waals surface area contributed by atoms with Gasteiger partial charge in [0.05, 0.1) is 0 Å². The first-order valence-electron chi connectivity index (χ1n) is 5.93. The molecule has 3 heteroatoms. The summed E-state index contributed by atoms with van der Waals surface area (Å²) in [6.45, 7) is 3.96. The Morgan fingerprint density at radius 3 is 2.41 bits per heavy atom. The van der Waals surface area contributed by atoms with Crippen molar-refractivity contribution < 1.29 is 14.7 Å². The smallest absolute Gasteiger partial charge is 0.377 e. The Morgan fingerprint density at radius 1 is 1.29 bits per heavy atom. The minimum Gasteiger partial charge on any atom is -0.475 e. The van der Waals surface area contributed by atoms with Crippen LogP contribution in [0.3, 0.4) is 0 Å². The Morgan fingerprint density at radius 2 is 1.88 bits per heavy atom. The van der Waals surface area contributed by atoms with Crippen molar-refractivity contribution in [2.24, 2.45) is 5.92 Å². The van der Waals surface area contributed by atoms with E-state index in [2.05, 4.69) is 6.92 Å². The summed E-state index contributed by atoms with van der Waals surface area (Å²) in [6, 6.07) is 3.75. The number of Topliss-reactive ketones (excluding diaryl/α,β-unsaturated/α-hetero) is 1. The topological polar surface area (TPSA) is 54.4 Å². The number of rotatable bonds is 3. The minimum atomic E-state index is -1.38. The van der Waals surface area contributed by atoms with Gasteiger partial charge < -0.3 is 5.11 Å². The van der Waals surface area contributed by atoms with E-state index in [1.807, 2.05) is 6.07 Å². The third kappa shape index (κ3) is 2.09. The van der Waals surface area contributed by atoms with Gasteiger partial charge in [-0.15, -0.1) is 0 Å². The SMILES string of the molecule is CCC1Cc2cc(C)c(C(=O)C(=O)O)cc2C1. The molecule has 0 spiro atoms. The highest BCUT2D eigenvalue weighted by Crippen LogP contribution is 2.31. The van der Waals surface area contributed by atoms with E-state index in [9.17, 15) is 9.59 Å². The Kier molecular flexibility index (Phi) is 3.01. The second-order valence-corrected chi connectivity index (χ2v) is 4.75. The van der Waals surface area contributed by atoms with Crippen molar-refractivity contribution in [3.05, 3.63) is 34.4 Å². The lowest BCUT2D eigenvalue weighted by Gasteiger charge is -2.06. The molecule has 0 saturated heterocycles. The van der Waals surface area contributed by atoms with Gasteiger partial charge >= 0.3 is 5.97 Å². The van der Waals surface area contributed by atoms with Crippen molar-refractivity contribution >= 4 is 11.8 Å². The molecule has 2 rings (SSSR count). The summed E-state index contributed by atoms with van der Waals surface area (Å²) in [6.07, 6.45) is 3.14. The molecule has 0 heterocycles. The summed E-state index contributed by atoms with van der Waals surface area (Å²) in [5, 5.41) is 8.76. The van der Waals surface area contributed by atoms with Crippen molar-refractivity contribution in [2.45, 2.75) is 33.1 Å². The maximum Gasteiger partial charge on any atom is 0.377 e. The van der Waals surface area contributed by atoms with Crippen LogP contribution in [0.4, 0.5) is 0 Å². The molecule has 17 heavy (non-hydrogen) atoms. The third-order valence-electron chi connectivity index (χ3n) is 3.58. The van der Waals surface area contributed by atoms with Crippen molar-refractivity contribution in [2.75, 3.05) is 0 Å². The second-order valence-electron chi connectivity index (χ2n) is 4.75. The molecule has 0 bridgehead atoms. The largest absolute Gasteiger partial charge is 0.475 e. The van der Waals surface area contributed by atoms with Crippen LogP contribution in [0.25, 0.3) is 0 Å². The van der Waals surface area contributed by atoms with Crippen molar-refractivity contribution in [1.82, 2.24) is 0 Å². The average Bonchev–Trinajstić information content (AvgIpc) is 2.68. The Balaban J connectivity index is 2.40. The summed E-state index contributed by atoms with van der Waals surface area (Å²) in [5.74, 6) is -1.54. The number of carboxylic acid groups (broad SMARTS) is 1. The summed E-state index contributed by atoms with van der Waals surface area (Å²) in [4.78, 5) is 22.2. The van der Waals surface area contributed by atoms with Crippen LogP contribution in [-0.4, -0.2) is 16.9 Å². The first-order valence-corrected chi connectivity index (χ1v) is 5.93. The first-order chi connectivity index (χ1) is 8.02. The highest BCUT2D eigenvalue weighted by atomic mass is 16.4. The molecule has 0 saturated carbocycles. The second kappa shape index (κ2) is 4.32. The fourth-order valence-corrected chi connectivity index (χ4v) is 2.54. The molecule has 90 valence electrons. The molecule has 1 N–H and O–H groups in total. The number of ketones is 1. The van der Waals surface area contributed by atoms with E-state index in [1.165, 1.54) is 5.56 Å². The van der Waals surface area contributed by atoms with Gasteiger partial charge in [0.25, 0.3) is 5.78 Å². The van der Waals surface area contributed by atoms with Gasteiger partial charge in [-0.05, 0) is 48.4 Å². The fourth-order valence-electron chi connectivity index (χ4n) is 2.54. The van der Waals surface area contributed by atoms with Crippen LogP contribution in [0.5, 0.6) is 0 Å². The molecule has 0 fully saturated rings. The van der Waals surface area contributed by atoms with Gasteiger partial charge in [0.15, 0.2) is 0 Å². The maximum atomic E-state index is 11.5. The standard InChI is InChI=1S/C14H16O3/c1-3-9-5-10-4-8(2)12(7-11(10)6-9)13(15)14(16)17/h4,7,9H,3,5-6H2,1-2H3,(H,16,17). The molecule has 0 amide bonds. The van der Waals surface area contributed by atoms with E-state index in [0.29, 0.717) is 11.5 Å². The lowest BCUT2D eigenvalue weighted by Crippen LogP contribution is -2.14. The zero-order valence-corrected chi connectivity index (χ0v) is 10.1. The molecule has 0 radical (unpaired) electrons. The molecule has 1 aliphatic rings. The van der Waals surface area contributed by atoms with Gasteiger partial charge in [-0.25, -0.2) is 4.79 Å². The average molecular weight is 232 g/mol. The molecule has 1 aliphatic carbocycles. The molecule has 1 atom stereocenters. The van der Waals surface area contributed by atoms with E-state index in [-0.39, 0.29) is 0 Å². The highest BCUT2D eigenvalue weighted by Gasteiger charge is 2.24. The summed E-state index contributed by atoms with van der Waals surface area (Å²) in [5.41, 5.74) is 3.53. The van der Waals surface area contributed by atoms with Crippen molar-refractivity contribution in [3.8, 4) is 0 Å². The minimum absolute atomic E-state index is 0.341. The molecule has 0 aromatic heterocycles. The maximum absolute atomic E-state index is 11.5. The van der Waals surface area contributed by atoms with E-state index in [0.717, 1.165) is 30.4 Å². The summed E-state index contributed by atoms with van der Waals surface area (Å²) in [7, 11) is 0. The van der Waals surface area contributed by atoms with Gasteiger partial charge in [0.1, 0.15) is 0 Å². The number of aryl methyl sites for hydroxylation is 1.